The largest absolute Gasteiger partial charge is 1.00 e. The predicted molar refractivity (Wildman–Crippen MR) is 134 cm³/mol. The molecule has 0 saturated heterocycles. The number of hydrogen-bond donors (Lipinski definition) is 0. The number of hydrogen-bond acceptors (Lipinski definition) is 3. The molecule has 0 rings (SSSR count). The summed E-state index contributed by atoms with van der Waals surface area (Å²) in [4.78, 5) is 13.4. The zero-order valence-corrected chi connectivity index (χ0v) is 24.6. The molecule has 1 unspecified atom stereocenters. The molecule has 0 aromatic rings. The second-order valence-electron chi connectivity index (χ2n) is 9.81. The number of carboxylic acids is 1. The van der Waals surface area contributed by atoms with Crippen LogP contribution in [-0.2, 0) is 4.79 Å². The fraction of sp³-hybridized carbons (Fsp3) is 0.964. The Labute approximate surface area is 224 Å². The zero-order chi connectivity index (χ0) is 23.0. The normalized spacial score (nSPS) is 12.1. The van der Waals surface area contributed by atoms with E-state index in [1.54, 1.807) is 0 Å². The summed E-state index contributed by atoms with van der Waals surface area (Å²) in [6.07, 6.45) is 26.6. The van der Waals surface area contributed by atoms with Crippen LogP contribution in [0, 0.1) is 0 Å². The Balaban J connectivity index is 0. The van der Waals surface area contributed by atoms with Crippen molar-refractivity contribution in [3.8, 4) is 0 Å². The van der Waals surface area contributed by atoms with Crippen molar-refractivity contribution in [2.24, 2.45) is 0 Å². The summed E-state index contributed by atoms with van der Waals surface area (Å²) in [5.74, 6) is -0.906. The SMILES string of the molecule is CCCCCCCCCCCN(CCCCCCCCCCC)C(C)CCCC(=O)[O-].[Na+]. The van der Waals surface area contributed by atoms with Crippen LogP contribution < -0.4 is 34.7 Å². The topological polar surface area (TPSA) is 43.4 Å². The van der Waals surface area contributed by atoms with E-state index in [1.807, 2.05) is 0 Å². The third-order valence-electron chi connectivity index (χ3n) is 6.72. The van der Waals surface area contributed by atoms with E-state index in [0.29, 0.717) is 6.04 Å². The average Bonchev–Trinajstić information content (AvgIpc) is 2.75. The molecule has 186 valence electrons. The van der Waals surface area contributed by atoms with Crippen molar-refractivity contribution in [1.82, 2.24) is 4.90 Å². The van der Waals surface area contributed by atoms with Crippen LogP contribution >= 0.6 is 0 Å². The maximum absolute atomic E-state index is 10.7. The molecule has 0 radical (unpaired) electrons. The predicted octanol–water partition coefficient (Wildman–Crippen LogP) is 4.66. The maximum Gasteiger partial charge on any atom is 1.00 e. The number of aliphatic carboxylic acids is 1. The average molecular weight is 462 g/mol. The summed E-state index contributed by atoms with van der Waals surface area (Å²) in [7, 11) is 0. The van der Waals surface area contributed by atoms with Gasteiger partial charge in [0.2, 0.25) is 0 Å². The minimum absolute atomic E-state index is 0. The van der Waals surface area contributed by atoms with Gasteiger partial charge in [-0.2, -0.15) is 0 Å². The molecule has 32 heavy (non-hydrogen) atoms. The van der Waals surface area contributed by atoms with Crippen LogP contribution in [-0.4, -0.2) is 30.0 Å². The van der Waals surface area contributed by atoms with Crippen LogP contribution in [0.2, 0.25) is 0 Å². The molecule has 0 aliphatic rings. The number of carbonyl (C=O) groups excluding carboxylic acids is 1. The van der Waals surface area contributed by atoms with Gasteiger partial charge in [-0.1, -0.05) is 117 Å². The Kier molecular flexibility index (Phi) is 29.9. The fourth-order valence-electron chi connectivity index (χ4n) is 4.53. The van der Waals surface area contributed by atoms with Crippen molar-refractivity contribution in [2.45, 2.75) is 162 Å². The third-order valence-corrected chi connectivity index (χ3v) is 6.72. The van der Waals surface area contributed by atoms with Crippen LogP contribution in [0.25, 0.3) is 0 Å². The van der Waals surface area contributed by atoms with Crippen molar-refractivity contribution in [3.05, 3.63) is 0 Å². The molecule has 0 spiro atoms. The fourth-order valence-corrected chi connectivity index (χ4v) is 4.53. The van der Waals surface area contributed by atoms with Gasteiger partial charge < -0.3 is 14.8 Å². The second-order valence-corrected chi connectivity index (χ2v) is 9.81. The molecule has 0 aromatic heterocycles. The van der Waals surface area contributed by atoms with Gasteiger partial charge in [-0.15, -0.1) is 0 Å². The molecule has 0 N–H and O–H groups in total. The molecule has 0 aliphatic heterocycles. The van der Waals surface area contributed by atoms with E-state index < -0.39 is 5.97 Å². The molecule has 0 aliphatic carbocycles. The quantitative estimate of drug-likeness (QED) is 0.147. The van der Waals surface area contributed by atoms with Gasteiger partial charge in [0.05, 0.1) is 0 Å². The molecule has 4 heteroatoms. The van der Waals surface area contributed by atoms with Crippen molar-refractivity contribution in [3.63, 3.8) is 0 Å². The molecule has 0 heterocycles. The van der Waals surface area contributed by atoms with E-state index in [9.17, 15) is 9.90 Å². The first-order chi connectivity index (χ1) is 15.1. The monoisotopic (exact) mass is 461 g/mol. The van der Waals surface area contributed by atoms with Crippen LogP contribution in [0.1, 0.15) is 156 Å². The van der Waals surface area contributed by atoms with Crippen LogP contribution in [0.3, 0.4) is 0 Å². The van der Waals surface area contributed by atoms with E-state index in [4.69, 9.17) is 0 Å². The standard InChI is InChI=1S/C28H57NO2.Na/c1-4-6-8-10-12-14-16-18-20-25-29(27(3)23-22-24-28(30)31)26-21-19-17-15-13-11-9-7-5-2;/h27H,4-26H2,1-3H3,(H,30,31);/q;+1/p-1. The number of carboxylic acid groups (broad SMARTS) is 1. The van der Waals surface area contributed by atoms with Crippen LogP contribution in [0.15, 0.2) is 0 Å². The molecular weight excluding hydrogens is 405 g/mol. The molecule has 0 saturated carbocycles. The molecule has 3 nitrogen and oxygen atoms in total. The van der Waals surface area contributed by atoms with Crippen LogP contribution in [0.4, 0.5) is 0 Å². The van der Waals surface area contributed by atoms with E-state index >= 15 is 0 Å². The van der Waals surface area contributed by atoms with Gasteiger partial charge in [0.15, 0.2) is 0 Å². The first-order valence-electron chi connectivity index (χ1n) is 14.1. The summed E-state index contributed by atoms with van der Waals surface area (Å²) in [5, 5.41) is 10.7. The zero-order valence-electron chi connectivity index (χ0n) is 22.6. The Bertz CT molecular complexity index is 356. The number of unbranched alkanes of at least 4 members (excludes halogenated alkanes) is 16. The van der Waals surface area contributed by atoms with E-state index in [1.165, 1.54) is 129 Å². The van der Waals surface area contributed by atoms with Gasteiger partial charge in [0.1, 0.15) is 0 Å². The number of rotatable bonds is 25. The molecule has 0 aromatic carbocycles. The van der Waals surface area contributed by atoms with Gasteiger partial charge >= 0.3 is 29.6 Å². The Morgan fingerprint density at radius 3 is 1.31 bits per heavy atom. The summed E-state index contributed by atoms with van der Waals surface area (Å²) in [6, 6.07) is 0.488. The number of nitrogens with zero attached hydrogens (tertiary/aromatic N) is 1. The van der Waals surface area contributed by atoms with Gasteiger partial charge in [-0.25, -0.2) is 0 Å². The molecule has 0 amide bonds. The van der Waals surface area contributed by atoms with Crippen molar-refractivity contribution >= 4 is 5.97 Å². The molecule has 0 bridgehead atoms. The first kappa shape index (κ1) is 34.6. The summed E-state index contributed by atoms with van der Waals surface area (Å²) in [5.41, 5.74) is 0. The van der Waals surface area contributed by atoms with Gasteiger partial charge in [0.25, 0.3) is 0 Å². The molecule has 1 atom stereocenters. The smallest absolute Gasteiger partial charge is 0.550 e. The van der Waals surface area contributed by atoms with E-state index in [0.717, 1.165) is 12.8 Å². The van der Waals surface area contributed by atoms with E-state index in [-0.39, 0.29) is 36.0 Å². The Hall–Kier alpha value is 0.430. The summed E-state index contributed by atoms with van der Waals surface area (Å²) in [6.45, 7) is 9.20. The molecule has 0 fully saturated rings. The van der Waals surface area contributed by atoms with Crippen molar-refractivity contribution < 1.29 is 39.5 Å². The summed E-state index contributed by atoms with van der Waals surface area (Å²) < 4.78 is 0. The van der Waals surface area contributed by atoms with Crippen molar-refractivity contribution in [1.29, 1.82) is 0 Å². The van der Waals surface area contributed by atoms with Gasteiger partial charge in [-0.3, -0.25) is 0 Å². The minimum atomic E-state index is -0.906. The number of carbonyl (C=O) groups is 1. The van der Waals surface area contributed by atoms with Crippen LogP contribution in [0.5, 0.6) is 0 Å². The Morgan fingerprint density at radius 2 is 0.969 bits per heavy atom. The first-order valence-corrected chi connectivity index (χ1v) is 14.1. The molecular formula is C28H56NNaO2. The van der Waals surface area contributed by atoms with E-state index in [2.05, 4.69) is 25.7 Å². The second kappa shape index (κ2) is 27.7. The van der Waals surface area contributed by atoms with Gasteiger partial charge in [0, 0.05) is 12.0 Å². The maximum atomic E-state index is 10.7. The van der Waals surface area contributed by atoms with Crippen molar-refractivity contribution in [2.75, 3.05) is 13.1 Å². The van der Waals surface area contributed by atoms with Gasteiger partial charge in [-0.05, 0) is 52.1 Å². The third kappa shape index (κ3) is 25.1. The summed E-state index contributed by atoms with van der Waals surface area (Å²) >= 11 is 0. The Morgan fingerprint density at radius 1 is 0.625 bits per heavy atom. The minimum Gasteiger partial charge on any atom is -0.550 e.